The molecule has 23 heavy (non-hydrogen) atoms. The average Bonchev–Trinajstić information content (AvgIpc) is 2.89. The molecule has 0 aliphatic carbocycles. The van der Waals surface area contributed by atoms with E-state index in [0.29, 0.717) is 30.5 Å². The Labute approximate surface area is 135 Å². The number of hydrogen-bond donors (Lipinski definition) is 0. The molecule has 0 bridgehead atoms. The quantitative estimate of drug-likeness (QED) is 0.815. The van der Waals surface area contributed by atoms with Gasteiger partial charge >= 0.3 is 0 Å². The van der Waals surface area contributed by atoms with Gasteiger partial charge in [0.2, 0.25) is 5.91 Å². The van der Waals surface area contributed by atoms with E-state index in [0.717, 1.165) is 16.8 Å². The van der Waals surface area contributed by atoms with Gasteiger partial charge in [0.15, 0.2) is 5.78 Å². The number of carbonyl (C=O) groups excluding carboxylic acids is 2. The van der Waals surface area contributed by atoms with Crippen molar-refractivity contribution in [3.8, 4) is 6.07 Å². The van der Waals surface area contributed by atoms with E-state index in [-0.39, 0.29) is 11.7 Å². The number of hydrogen-bond acceptors (Lipinski definition) is 3. The first kappa shape index (κ1) is 15.0. The standard InChI is InChI=1S/C19H16N2O2/c1-2-18(22)13-7-8-17-16(9-13)10-19(23)21(17)12-15-6-4-3-5-14(15)11-20/h3-9H,2,10,12H2,1H3. The van der Waals surface area contributed by atoms with Crippen molar-refractivity contribution < 1.29 is 9.59 Å². The molecular weight excluding hydrogens is 288 g/mol. The molecule has 0 spiro atoms. The summed E-state index contributed by atoms with van der Waals surface area (Å²) in [5.74, 6) is 0.0716. The normalized spacial score (nSPS) is 12.9. The van der Waals surface area contributed by atoms with Crippen molar-refractivity contribution in [2.75, 3.05) is 4.90 Å². The van der Waals surface area contributed by atoms with Crippen LogP contribution in [-0.2, 0) is 17.8 Å². The predicted molar refractivity (Wildman–Crippen MR) is 87.1 cm³/mol. The van der Waals surface area contributed by atoms with Gasteiger partial charge in [-0.15, -0.1) is 0 Å². The van der Waals surface area contributed by atoms with Gasteiger partial charge in [0.25, 0.3) is 0 Å². The number of ketones is 1. The highest BCUT2D eigenvalue weighted by molar-refractivity contribution is 6.03. The molecule has 0 saturated carbocycles. The molecule has 0 atom stereocenters. The molecular formula is C19H16N2O2. The van der Waals surface area contributed by atoms with Crippen LogP contribution in [0.5, 0.6) is 0 Å². The van der Waals surface area contributed by atoms with E-state index in [9.17, 15) is 14.9 Å². The maximum absolute atomic E-state index is 12.3. The summed E-state index contributed by atoms with van der Waals surface area (Å²) in [5, 5.41) is 9.19. The largest absolute Gasteiger partial charge is 0.307 e. The number of nitriles is 1. The van der Waals surface area contributed by atoms with Crippen molar-refractivity contribution in [1.82, 2.24) is 0 Å². The first-order valence-corrected chi connectivity index (χ1v) is 7.58. The van der Waals surface area contributed by atoms with E-state index < -0.39 is 0 Å². The number of Topliss-reactive ketones (excluding diaryl/α,β-unsaturated/α-hetero) is 1. The van der Waals surface area contributed by atoms with Gasteiger partial charge in [0, 0.05) is 17.7 Å². The Kier molecular flexibility index (Phi) is 3.94. The smallest absolute Gasteiger partial charge is 0.231 e. The second kappa shape index (κ2) is 6.05. The molecule has 2 aromatic carbocycles. The molecule has 0 unspecified atom stereocenters. The number of nitrogens with zero attached hydrogens (tertiary/aromatic N) is 2. The molecule has 0 aromatic heterocycles. The van der Waals surface area contributed by atoms with E-state index in [1.807, 2.05) is 37.3 Å². The number of amides is 1. The van der Waals surface area contributed by atoms with Crippen LogP contribution in [0.4, 0.5) is 5.69 Å². The van der Waals surface area contributed by atoms with Crippen molar-refractivity contribution in [1.29, 1.82) is 5.26 Å². The van der Waals surface area contributed by atoms with Gasteiger partial charge in [-0.05, 0) is 35.4 Å². The minimum absolute atomic E-state index is 0.00570. The fourth-order valence-corrected chi connectivity index (χ4v) is 2.87. The third-order valence-corrected chi connectivity index (χ3v) is 4.12. The molecule has 4 heteroatoms. The van der Waals surface area contributed by atoms with Gasteiger partial charge in [-0.3, -0.25) is 9.59 Å². The second-order valence-electron chi connectivity index (χ2n) is 5.55. The minimum Gasteiger partial charge on any atom is -0.307 e. The lowest BCUT2D eigenvalue weighted by Crippen LogP contribution is -2.26. The SMILES string of the molecule is CCC(=O)c1ccc2c(c1)CC(=O)N2Cc1ccccc1C#N. The zero-order valence-electron chi connectivity index (χ0n) is 12.9. The first-order chi connectivity index (χ1) is 11.1. The van der Waals surface area contributed by atoms with E-state index in [1.54, 1.807) is 17.0 Å². The molecule has 114 valence electrons. The Morgan fingerprint density at radius 3 is 2.78 bits per heavy atom. The van der Waals surface area contributed by atoms with Crippen molar-refractivity contribution in [3.63, 3.8) is 0 Å². The summed E-state index contributed by atoms with van der Waals surface area (Å²) in [7, 11) is 0. The molecule has 1 aliphatic heterocycles. The molecule has 0 fully saturated rings. The van der Waals surface area contributed by atoms with Crippen LogP contribution < -0.4 is 4.90 Å². The van der Waals surface area contributed by atoms with E-state index in [2.05, 4.69) is 6.07 Å². The molecule has 1 amide bonds. The summed E-state index contributed by atoms with van der Waals surface area (Å²) in [6.07, 6.45) is 0.751. The zero-order valence-corrected chi connectivity index (χ0v) is 12.9. The van der Waals surface area contributed by atoms with Crippen molar-refractivity contribution >= 4 is 17.4 Å². The maximum Gasteiger partial charge on any atom is 0.231 e. The van der Waals surface area contributed by atoms with Crippen LogP contribution in [-0.4, -0.2) is 11.7 Å². The predicted octanol–water partition coefficient (Wildman–Crippen LogP) is 3.24. The van der Waals surface area contributed by atoms with E-state index in [1.165, 1.54) is 0 Å². The summed E-state index contributed by atoms with van der Waals surface area (Å²) in [6, 6.07) is 14.9. The van der Waals surface area contributed by atoms with Crippen LogP contribution in [0.3, 0.4) is 0 Å². The fourth-order valence-electron chi connectivity index (χ4n) is 2.87. The summed E-state index contributed by atoms with van der Waals surface area (Å²) < 4.78 is 0. The van der Waals surface area contributed by atoms with Crippen molar-refractivity contribution in [2.24, 2.45) is 0 Å². The molecule has 1 heterocycles. The van der Waals surface area contributed by atoms with Crippen LogP contribution in [0.1, 0.15) is 40.4 Å². The molecule has 3 rings (SSSR count). The second-order valence-corrected chi connectivity index (χ2v) is 5.55. The van der Waals surface area contributed by atoms with Gasteiger partial charge in [0.05, 0.1) is 24.6 Å². The lowest BCUT2D eigenvalue weighted by Gasteiger charge is -2.18. The molecule has 1 aliphatic rings. The van der Waals surface area contributed by atoms with Crippen LogP contribution in [0.2, 0.25) is 0 Å². The fraction of sp³-hybridized carbons (Fsp3) is 0.211. The monoisotopic (exact) mass is 304 g/mol. The van der Waals surface area contributed by atoms with Crippen LogP contribution in [0.25, 0.3) is 0 Å². The Hall–Kier alpha value is -2.93. The molecule has 2 aromatic rings. The highest BCUT2D eigenvalue weighted by Crippen LogP contribution is 2.31. The average molecular weight is 304 g/mol. The molecule has 0 N–H and O–H groups in total. The molecule has 0 saturated heterocycles. The number of carbonyl (C=O) groups is 2. The topological polar surface area (TPSA) is 61.2 Å². The van der Waals surface area contributed by atoms with Crippen LogP contribution in [0, 0.1) is 11.3 Å². The Morgan fingerprint density at radius 1 is 1.26 bits per heavy atom. The highest BCUT2D eigenvalue weighted by Gasteiger charge is 2.28. The molecule has 0 radical (unpaired) electrons. The lowest BCUT2D eigenvalue weighted by atomic mass is 10.0. The Balaban J connectivity index is 1.93. The third kappa shape index (κ3) is 2.74. The number of fused-ring (bicyclic) bond motifs is 1. The zero-order chi connectivity index (χ0) is 16.4. The first-order valence-electron chi connectivity index (χ1n) is 7.58. The van der Waals surface area contributed by atoms with E-state index in [4.69, 9.17) is 0 Å². The number of anilines is 1. The number of benzene rings is 2. The summed E-state index contributed by atoms with van der Waals surface area (Å²) in [6.45, 7) is 2.20. The van der Waals surface area contributed by atoms with Crippen LogP contribution >= 0.6 is 0 Å². The molecule has 4 nitrogen and oxygen atoms in total. The Morgan fingerprint density at radius 2 is 2.04 bits per heavy atom. The third-order valence-electron chi connectivity index (χ3n) is 4.12. The Bertz CT molecular complexity index is 834. The van der Waals surface area contributed by atoms with Gasteiger partial charge in [-0.25, -0.2) is 0 Å². The highest BCUT2D eigenvalue weighted by atomic mass is 16.2. The van der Waals surface area contributed by atoms with Crippen molar-refractivity contribution in [2.45, 2.75) is 26.3 Å². The summed E-state index contributed by atoms with van der Waals surface area (Å²) in [4.78, 5) is 25.8. The minimum atomic E-state index is -0.00570. The summed E-state index contributed by atoms with van der Waals surface area (Å²) in [5.41, 5.74) is 3.76. The van der Waals surface area contributed by atoms with Gasteiger partial charge in [-0.2, -0.15) is 5.26 Å². The van der Waals surface area contributed by atoms with Gasteiger partial charge in [0.1, 0.15) is 0 Å². The van der Waals surface area contributed by atoms with Crippen LogP contribution in [0.15, 0.2) is 42.5 Å². The van der Waals surface area contributed by atoms with Crippen molar-refractivity contribution in [3.05, 3.63) is 64.7 Å². The maximum atomic E-state index is 12.3. The lowest BCUT2D eigenvalue weighted by molar-refractivity contribution is -0.117. The van der Waals surface area contributed by atoms with Gasteiger partial charge < -0.3 is 4.90 Å². The summed E-state index contributed by atoms with van der Waals surface area (Å²) >= 11 is 0. The number of rotatable bonds is 4. The van der Waals surface area contributed by atoms with Gasteiger partial charge in [-0.1, -0.05) is 25.1 Å². The van der Waals surface area contributed by atoms with E-state index >= 15 is 0 Å².